The molecule has 1 N–H and O–H groups in total. The zero-order chi connectivity index (χ0) is 14.5. The summed E-state index contributed by atoms with van der Waals surface area (Å²) in [5.41, 5.74) is 1.96. The number of thioether (sulfide) groups is 1. The Balaban J connectivity index is 2.00. The fourth-order valence-electron chi connectivity index (χ4n) is 1.81. The van der Waals surface area contributed by atoms with Gasteiger partial charge in [-0.05, 0) is 36.8 Å². The van der Waals surface area contributed by atoms with E-state index in [-0.39, 0.29) is 11.3 Å². The van der Waals surface area contributed by atoms with Gasteiger partial charge in [0.25, 0.3) is 0 Å². The van der Waals surface area contributed by atoms with E-state index in [2.05, 4.69) is 0 Å². The fraction of sp³-hybridized carbons (Fsp3) is 0.125. The lowest BCUT2D eigenvalue weighted by Crippen LogP contribution is -2.04. The number of hydrogen-bond donors (Lipinski definition) is 1. The molecule has 0 aliphatic heterocycles. The molecule has 0 spiro atoms. The molecule has 0 radical (unpaired) electrons. The highest BCUT2D eigenvalue weighted by Gasteiger charge is 2.09. The Hall–Kier alpha value is -2.07. The molecule has 2 aromatic carbocycles. The number of carbonyl (C=O) groups is 2. The number of ketones is 1. The number of Topliss-reactive ketones (excluding diaryl/α,β-unsaturated/α-hetero) is 1. The second-order valence-corrected chi connectivity index (χ2v) is 5.41. The van der Waals surface area contributed by atoms with Gasteiger partial charge in [-0.25, -0.2) is 4.79 Å². The van der Waals surface area contributed by atoms with Crippen LogP contribution in [0.15, 0.2) is 53.4 Å². The molecule has 102 valence electrons. The van der Waals surface area contributed by atoms with E-state index in [0.29, 0.717) is 5.75 Å². The SMILES string of the molecule is Cc1ccccc1C(=O)CSc1ccc(C(=O)O)cc1. The number of rotatable bonds is 5. The summed E-state index contributed by atoms with van der Waals surface area (Å²) < 4.78 is 0. The predicted octanol–water partition coefficient (Wildman–Crippen LogP) is 3.67. The van der Waals surface area contributed by atoms with E-state index in [9.17, 15) is 9.59 Å². The van der Waals surface area contributed by atoms with Gasteiger partial charge in [0.05, 0.1) is 11.3 Å². The topological polar surface area (TPSA) is 54.4 Å². The van der Waals surface area contributed by atoms with Crippen molar-refractivity contribution in [1.29, 1.82) is 0 Å². The highest BCUT2D eigenvalue weighted by molar-refractivity contribution is 8.00. The van der Waals surface area contributed by atoms with Gasteiger partial charge in [-0.3, -0.25) is 4.79 Å². The summed E-state index contributed by atoms with van der Waals surface area (Å²) in [6, 6.07) is 14.0. The molecule has 20 heavy (non-hydrogen) atoms. The number of aromatic carboxylic acids is 1. The van der Waals surface area contributed by atoms with E-state index in [4.69, 9.17) is 5.11 Å². The van der Waals surface area contributed by atoms with E-state index >= 15 is 0 Å². The molecule has 0 aliphatic carbocycles. The summed E-state index contributed by atoms with van der Waals surface area (Å²) >= 11 is 1.41. The van der Waals surface area contributed by atoms with Crippen molar-refractivity contribution >= 4 is 23.5 Å². The first-order valence-corrected chi connectivity index (χ1v) is 7.11. The van der Waals surface area contributed by atoms with Gasteiger partial charge >= 0.3 is 5.97 Å². The van der Waals surface area contributed by atoms with Crippen LogP contribution in [-0.4, -0.2) is 22.6 Å². The Bertz CT molecular complexity index is 632. The van der Waals surface area contributed by atoms with Crippen LogP contribution in [0.2, 0.25) is 0 Å². The molecule has 3 nitrogen and oxygen atoms in total. The van der Waals surface area contributed by atoms with Gasteiger partial charge < -0.3 is 5.11 Å². The van der Waals surface area contributed by atoms with Gasteiger partial charge in [0.1, 0.15) is 0 Å². The van der Waals surface area contributed by atoms with Crippen molar-refractivity contribution in [3.05, 3.63) is 65.2 Å². The summed E-state index contributed by atoms with van der Waals surface area (Å²) in [4.78, 5) is 23.7. The van der Waals surface area contributed by atoms with Crippen molar-refractivity contribution in [2.75, 3.05) is 5.75 Å². The van der Waals surface area contributed by atoms with Gasteiger partial charge in [0, 0.05) is 10.5 Å². The van der Waals surface area contributed by atoms with Crippen molar-refractivity contribution < 1.29 is 14.7 Å². The number of carbonyl (C=O) groups excluding carboxylic acids is 1. The first-order valence-electron chi connectivity index (χ1n) is 6.13. The lowest BCUT2D eigenvalue weighted by Gasteiger charge is -2.05. The maximum absolute atomic E-state index is 12.1. The summed E-state index contributed by atoms with van der Waals surface area (Å²) in [6.45, 7) is 1.92. The molecule has 0 saturated carbocycles. The van der Waals surface area contributed by atoms with E-state index in [1.165, 1.54) is 11.8 Å². The Kier molecular flexibility index (Phi) is 4.58. The summed E-state index contributed by atoms with van der Waals surface area (Å²) in [6.07, 6.45) is 0. The zero-order valence-corrected chi connectivity index (χ0v) is 11.8. The van der Waals surface area contributed by atoms with Crippen LogP contribution in [-0.2, 0) is 0 Å². The lowest BCUT2D eigenvalue weighted by molar-refractivity contribution is 0.0696. The van der Waals surface area contributed by atoms with Crippen LogP contribution in [0.25, 0.3) is 0 Å². The molecule has 0 unspecified atom stereocenters. The van der Waals surface area contributed by atoms with Crippen LogP contribution in [0, 0.1) is 6.92 Å². The first-order chi connectivity index (χ1) is 9.58. The third-order valence-corrected chi connectivity index (χ3v) is 3.93. The van der Waals surface area contributed by atoms with E-state index in [0.717, 1.165) is 16.0 Å². The Labute approximate surface area is 121 Å². The van der Waals surface area contributed by atoms with Crippen LogP contribution in [0.1, 0.15) is 26.3 Å². The van der Waals surface area contributed by atoms with Gasteiger partial charge in [0.15, 0.2) is 5.78 Å². The Morgan fingerprint density at radius 3 is 2.30 bits per heavy atom. The quantitative estimate of drug-likeness (QED) is 0.673. The minimum atomic E-state index is -0.947. The van der Waals surface area contributed by atoms with Gasteiger partial charge in [-0.1, -0.05) is 24.3 Å². The number of carboxylic acids is 1. The molecule has 0 aliphatic rings. The molecule has 2 rings (SSSR count). The Morgan fingerprint density at radius 2 is 1.70 bits per heavy atom. The molecule has 0 aromatic heterocycles. The van der Waals surface area contributed by atoms with Gasteiger partial charge in [-0.15, -0.1) is 11.8 Å². The number of carboxylic acid groups (broad SMARTS) is 1. The molecular formula is C16H14O3S. The van der Waals surface area contributed by atoms with E-state index in [1.54, 1.807) is 24.3 Å². The normalized spacial score (nSPS) is 10.2. The van der Waals surface area contributed by atoms with Crippen molar-refractivity contribution in [1.82, 2.24) is 0 Å². The molecule has 0 amide bonds. The monoisotopic (exact) mass is 286 g/mol. The first kappa shape index (κ1) is 14.3. The molecule has 2 aromatic rings. The average Bonchev–Trinajstić information content (AvgIpc) is 2.45. The van der Waals surface area contributed by atoms with Crippen molar-refractivity contribution in [3.63, 3.8) is 0 Å². The molecule has 0 fully saturated rings. The molecule has 0 heterocycles. The van der Waals surface area contributed by atoms with Crippen molar-refractivity contribution in [2.24, 2.45) is 0 Å². The maximum Gasteiger partial charge on any atom is 0.335 e. The molecule has 0 bridgehead atoms. The van der Waals surface area contributed by atoms with Crippen LogP contribution in [0.4, 0.5) is 0 Å². The number of benzene rings is 2. The van der Waals surface area contributed by atoms with Gasteiger partial charge in [-0.2, -0.15) is 0 Å². The predicted molar refractivity (Wildman–Crippen MR) is 79.6 cm³/mol. The lowest BCUT2D eigenvalue weighted by atomic mass is 10.1. The zero-order valence-electron chi connectivity index (χ0n) is 11.0. The number of aryl methyl sites for hydroxylation is 1. The number of hydrogen-bond acceptors (Lipinski definition) is 3. The maximum atomic E-state index is 12.1. The minimum Gasteiger partial charge on any atom is -0.478 e. The summed E-state index contributed by atoms with van der Waals surface area (Å²) in [7, 11) is 0. The minimum absolute atomic E-state index is 0.0791. The third kappa shape index (κ3) is 3.48. The van der Waals surface area contributed by atoms with E-state index in [1.807, 2.05) is 31.2 Å². The fourth-order valence-corrected chi connectivity index (χ4v) is 2.59. The molecular weight excluding hydrogens is 272 g/mol. The molecule has 4 heteroatoms. The smallest absolute Gasteiger partial charge is 0.335 e. The van der Waals surface area contributed by atoms with Crippen LogP contribution in [0.3, 0.4) is 0 Å². The average molecular weight is 286 g/mol. The second-order valence-electron chi connectivity index (χ2n) is 4.36. The molecule has 0 atom stereocenters. The standard InChI is InChI=1S/C16H14O3S/c1-11-4-2-3-5-14(11)15(17)10-20-13-8-6-12(7-9-13)16(18)19/h2-9H,10H2,1H3,(H,18,19). The van der Waals surface area contributed by atoms with Crippen LogP contribution in [0.5, 0.6) is 0 Å². The van der Waals surface area contributed by atoms with Crippen LogP contribution >= 0.6 is 11.8 Å². The molecule has 0 saturated heterocycles. The highest BCUT2D eigenvalue weighted by Crippen LogP contribution is 2.20. The van der Waals surface area contributed by atoms with Crippen molar-refractivity contribution in [2.45, 2.75) is 11.8 Å². The Morgan fingerprint density at radius 1 is 1.05 bits per heavy atom. The van der Waals surface area contributed by atoms with Crippen molar-refractivity contribution in [3.8, 4) is 0 Å². The largest absolute Gasteiger partial charge is 0.478 e. The van der Waals surface area contributed by atoms with Crippen LogP contribution < -0.4 is 0 Å². The van der Waals surface area contributed by atoms with Gasteiger partial charge in [0.2, 0.25) is 0 Å². The summed E-state index contributed by atoms with van der Waals surface area (Å²) in [5, 5.41) is 8.81. The third-order valence-electron chi connectivity index (χ3n) is 2.92. The second kappa shape index (κ2) is 6.39. The summed E-state index contributed by atoms with van der Waals surface area (Å²) in [5.74, 6) is -0.523. The highest BCUT2D eigenvalue weighted by atomic mass is 32.2. The van der Waals surface area contributed by atoms with E-state index < -0.39 is 5.97 Å².